The van der Waals surface area contributed by atoms with Crippen LogP contribution in [0.1, 0.15) is 16.9 Å². The number of benzene rings is 2. The van der Waals surface area contributed by atoms with Gasteiger partial charge in [0.15, 0.2) is 0 Å². The van der Waals surface area contributed by atoms with E-state index in [9.17, 15) is 9.82 Å². The molecule has 1 amide bonds. The van der Waals surface area contributed by atoms with Crippen molar-refractivity contribution < 1.29 is 14.6 Å². The Hall–Kier alpha value is -1.18. The molecule has 0 saturated carbocycles. The smallest absolute Gasteiger partial charge is 0.329 e. The van der Waals surface area contributed by atoms with Gasteiger partial charge < -0.3 is 15.1 Å². The molecule has 1 saturated heterocycles. The third-order valence-electron chi connectivity index (χ3n) is 4.21. The van der Waals surface area contributed by atoms with Crippen molar-refractivity contribution in [2.24, 2.45) is 0 Å². The number of carbonyl (C=O) groups excluding carboxylic acids is 1. The van der Waals surface area contributed by atoms with Gasteiger partial charge in [-0.2, -0.15) is 0 Å². The topological polar surface area (TPSA) is 58.6 Å². The van der Waals surface area contributed by atoms with Gasteiger partial charge in [0.1, 0.15) is 0 Å². The number of anilines is 1. The van der Waals surface area contributed by atoms with E-state index in [1.54, 1.807) is 30.3 Å². The zero-order chi connectivity index (χ0) is 16.8. The molecule has 0 radical (unpaired) electrons. The lowest BCUT2D eigenvalue weighted by molar-refractivity contribution is 0.102. The van der Waals surface area contributed by atoms with Crippen molar-refractivity contribution in [3.05, 3.63) is 57.6 Å². The van der Waals surface area contributed by atoms with Crippen LogP contribution in [0.2, 0.25) is 10.0 Å². The van der Waals surface area contributed by atoms with Gasteiger partial charge in [0.05, 0.1) is 23.3 Å². The fourth-order valence-electron chi connectivity index (χ4n) is 2.95. The first kappa shape index (κ1) is 16.3. The van der Waals surface area contributed by atoms with Crippen LogP contribution in [-0.2, 0) is 11.3 Å². The van der Waals surface area contributed by atoms with Crippen LogP contribution in [0.15, 0.2) is 41.3 Å². The molecule has 0 aliphatic carbocycles. The maximum absolute atomic E-state index is 12.2. The Morgan fingerprint density at radius 3 is 2.75 bits per heavy atom. The first-order valence-corrected chi connectivity index (χ1v) is 8.97. The van der Waals surface area contributed by atoms with E-state index in [4.69, 9.17) is 27.9 Å². The van der Waals surface area contributed by atoms with Crippen molar-refractivity contribution in [2.45, 2.75) is 23.3 Å². The van der Waals surface area contributed by atoms with Gasteiger partial charge in [-0.05, 0) is 53.2 Å². The summed E-state index contributed by atoms with van der Waals surface area (Å²) in [4.78, 5) is 13.0. The van der Waals surface area contributed by atoms with E-state index in [1.807, 2.05) is 6.07 Å². The Morgan fingerprint density at radius 2 is 2.00 bits per heavy atom. The fraction of sp³-hybridized carbons (Fsp3) is 0.188. The molecule has 2 heterocycles. The van der Waals surface area contributed by atoms with Crippen molar-refractivity contribution in [3.63, 3.8) is 0 Å². The van der Waals surface area contributed by atoms with Gasteiger partial charge in [-0.15, -0.1) is 0 Å². The quantitative estimate of drug-likeness (QED) is 0.600. The number of carbonyl (C=O) groups is 1. The van der Waals surface area contributed by atoms with Crippen LogP contribution in [0, 0.1) is 0 Å². The van der Waals surface area contributed by atoms with Crippen LogP contribution in [0.4, 0.5) is 10.5 Å². The number of amides is 1. The van der Waals surface area contributed by atoms with Crippen LogP contribution >= 0.6 is 35.0 Å². The molecule has 4 nitrogen and oxygen atoms in total. The summed E-state index contributed by atoms with van der Waals surface area (Å²) in [5, 5.41) is 13.6. The third kappa shape index (κ3) is 2.93. The minimum Gasteiger partial charge on any atom is -0.448 e. The average Bonchev–Trinajstić information content (AvgIpc) is 3.23. The number of rotatable bonds is 2. The highest BCUT2D eigenvalue weighted by atomic mass is 35.5. The third-order valence-corrected chi connectivity index (χ3v) is 5.67. The largest absolute Gasteiger partial charge is 0.448 e. The lowest BCUT2D eigenvalue weighted by Crippen LogP contribution is -2.11. The van der Waals surface area contributed by atoms with E-state index >= 15 is 0 Å². The minimum atomic E-state index is -0.516. The average molecular weight is 380 g/mol. The number of thioether (sulfide) groups is 1. The molecule has 2 aromatic carbocycles. The van der Waals surface area contributed by atoms with E-state index < -0.39 is 6.92 Å². The van der Waals surface area contributed by atoms with Crippen LogP contribution < -0.4 is 5.32 Å². The molecule has 0 bridgehead atoms. The highest BCUT2D eigenvalue weighted by molar-refractivity contribution is 8.13. The predicted octanol–water partition coefficient (Wildman–Crippen LogP) is 4.38. The van der Waals surface area contributed by atoms with Crippen molar-refractivity contribution in [1.82, 2.24) is 0 Å². The Balaban J connectivity index is 1.53. The monoisotopic (exact) mass is 379 g/mol. The maximum Gasteiger partial charge on any atom is 0.329 e. The number of halogens is 2. The number of fused-ring (bicyclic) bond motifs is 3. The molecule has 2 aromatic rings. The zero-order valence-electron chi connectivity index (χ0n) is 12.3. The lowest BCUT2D eigenvalue weighted by Gasteiger charge is -2.19. The van der Waals surface area contributed by atoms with E-state index in [0.29, 0.717) is 22.3 Å². The summed E-state index contributed by atoms with van der Waals surface area (Å²) in [5.74, 6) is -0.0954. The summed E-state index contributed by atoms with van der Waals surface area (Å²) in [7, 11) is 0. The second-order valence-corrected chi connectivity index (χ2v) is 7.62. The molecule has 0 spiro atoms. The summed E-state index contributed by atoms with van der Waals surface area (Å²) < 4.78 is 5.54. The number of hydrogen-bond donors (Lipinski definition) is 2. The minimum absolute atomic E-state index is 0.0954. The first-order chi connectivity index (χ1) is 11.5. The van der Waals surface area contributed by atoms with E-state index in [2.05, 4.69) is 5.32 Å². The molecule has 2 unspecified atom stereocenters. The van der Waals surface area contributed by atoms with Gasteiger partial charge >= 0.3 is 6.92 Å². The summed E-state index contributed by atoms with van der Waals surface area (Å²) in [6.45, 7) is -0.0840. The molecule has 4 rings (SSSR count). The Morgan fingerprint density at radius 1 is 1.25 bits per heavy atom. The van der Waals surface area contributed by atoms with Crippen LogP contribution in [0.5, 0.6) is 0 Å². The molecule has 2 aliphatic rings. The molecule has 2 atom stereocenters. The normalized spacial score (nSPS) is 21.0. The Kier molecular flexibility index (Phi) is 4.27. The molecule has 8 heteroatoms. The van der Waals surface area contributed by atoms with Gasteiger partial charge in [0.25, 0.3) is 5.24 Å². The van der Waals surface area contributed by atoms with Crippen molar-refractivity contribution in [3.8, 4) is 0 Å². The molecule has 2 N–H and O–H groups in total. The highest BCUT2D eigenvalue weighted by Gasteiger charge is 2.59. The van der Waals surface area contributed by atoms with Crippen LogP contribution in [0.3, 0.4) is 0 Å². The van der Waals surface area contributed by atoms with E-state index in [0.717, 1.165) is 27.8 Å². The first-order valence-electron chi connectivity index (χ1n) is 7.40. The predicted molar refractivity (Wildman–Crippen MR) is 97.1 cm³/mol. The molecule has 24 heavy (non-hydrogen) atoms. The van der Waals surface area contributed by atoms with E-state index in [1.165, 1.54) is 0 Å². The van der Waals surface area contributed by atoms with Crippen molar-refractivity contribution >= 4 is 52.8 Å². The molecular formula is C16H12BCl2NO3S. The van der Waals surface area contributed by atoms with Crippen molar-refractivity contribution in [1.29, 1.82) is 0 Å². The summed E-state index contributed by atoms with van der Waals surface area (Å²) in [6.07, 6.45) is 0. The number of ether oxygens (including phenoxy) is 1. The molecule has 0 aromatic heterocycles. The summed E-state index contributed by atoms with van der Waals surface area (Å²) in [6, 6.07) is 10.5. The maximum atomic E-state index is 12.2. The molecule has 1 fully saturated rings. The molecular weight excluding hydrogens is 368 g/mol. The van der Waals surface area contributed by atoms with Crippen LogP contribution in [0.25, 0.3) is 0 Å². The van der Waals surface area contributed by atoms with E-state index in [-0.39, 0.29) is 17.1 Å². The van der Waals surface area contributed by atoms with Gasteiger partial charge in [-0.1, -0.05) is 29.3 Å². The molecule has 2 aliphatic heterocycles. The SMILES string of the molecule is O=C(Nc1ccc2c(c1Cl)C1B(O)C1OC2)Sc1ccc(Cl)cc1. The lowest BCUT2D eigenvalue weighted by atomic mass is 9.85. The van der Waals surface area contributed by atoms with Crippen molar-refractivity contribution in [2.75, 3.05) is 5.32 Å². The number of nitrogens with one attached hydrogen (secondary N) is 1. The Bertz CT molecular complexity index is 818. The second kappa shape index (κ2) is 6.28. The van der Waals surface area contributed by atoms with Gasteiger partial charge in [-0.3, -0.25) is 4.79 Å². The van der Waals surface area contributed by atoms with Gasteiger partial charge in [-0.25, -0.2) is 0 Å². The number of hydrogen-bond acceptors (Lipinski definition) is 4. The zero-order valence-corrected chi connectivity index (χ0v) is 14.7. The van der Waals surface area contributed by atoms with Crippen LogP contribution in [-0.4, -0.2) is 23.2 Å². The van der Waals surface area contributed by atoms with Gasteiger partial charge in [0, 0.05) is 15.7 Å². The highest BCUT2D eigenvalue weighted by Crippen LogP contribution is 2.50. The fourth-order valence-corrected chi connectivity index (χ4v) is 4.08. The molecule has 122 valence electrons. The Labute approximate surface area is 153 Å². The van der Waals surface area contributed by atoms with Gasteiger partial charge in [0.2, 0.25) is 0 Å². The second-order valence-electron chi connectivity index (χ2n) is 5.76. The standard InChI is InChI=1S/C16H12BCl2NO3S/c18-9-2-4-10(5-3-9)24-16(21)20-11-6-1-8-7-23-15-13(17(15)22)12(8)14(11)19/h1-6,13,15,22H,7H2,(H,20,21). The summed E-state index contributed by atoms with van der Waals surface area (Å²) >= 11 is 13.4. The summed E-state index contributed by atoms with van der Waals surface area (Å²) in [5.41, 5.74) is 2.39.